The lowest BCUT2D eigenvalue weighted by molar-refractivity contribution is -0.122. The summed E-state index contributed by atoms with van der Waals surface area (Å²) >= 11 is 0. The third-order valence-corrected chi connectivity index (χ3v) is 4.83. The van der Waals surface area contributed by atoms with Crippen molar-refractivity contribution >= 4 is 28.1 Å². The molecule has 0 unspecified atom stereocenters. The van der Waals surface area contributed by atoms with Gasteiger partial charge in [0.25, 0.3) is 5.91 Å². The van der Waals surface area contributed by atoms with E-state index in [-0.39, 0.29) is 16.2 Å². The number of hydrogen-bond donors (Lipinski definition) is 0. The summed E-state index contributed by atoms with van der Waals surface area (Å²) in [4.78, 5) is 14.9. The van der Waals surface area contributed by atoms with E-state index in [2.05, 4.69) is 10.2 Å². The first-order valence-electron chi connectivity index (χ1n) is 8.91. The van der Waals surface area contributed by atoms with E-state index in [0.717, 1.165) is 25.9 Å². The summed E-state index contributed by atoms with van der Waals surface area (Å²) in [5.74, 6) is -1.10. The molecule has 1 amide bonds. The number of aromatic nitrogens is 2. The average Bonchev–Trinajstić information content (AvgIpc) is 3.21. The first-order valence-corrected chi connectivity index (χ1v) is 8.91. The first kappa shape index (κ1) is 18.2. The zero-order valence-corrected chi connectivity index (χ0v) is 14.9. The number of hydrogen-bond acceptors (Lipinski definition) is 4. The molecule has 0 aliphatic carbocycles. The van der Waals surface area contributed by atoms with Crippen LogP contribution in [0.3, 0.4) is 0 Å². The molecule has 2 heterocycles. The summed E-state index contributed by atoms with van der Waals surface area (Å²) in [6.45, 7) is 1.45. The lowest BCUT2D eigenvalue weighted by atomic mass is 10.1. The third kappa shape index (κ3) is 3.37. The van der Waals surface area contributed by atoms with Crippen LogP contribution in [0.2, 0.25) is 0 Å². The molecule has 0 N–H and O–H groups in total. The molecule has 1 saturated heterocycles. The highest BCUT2D eigenvalue weighted by atomic mass is 19.4. The van der Waals surface area contributed by atoms with Gasteiger partial charge in [0.2, 0.25) is 0 Å². The highest BCUT2D eigenvalue weighted by Crippen LogP contribution is 2.34. The Balaban J connectivity index is 1.79. The largest absolute Gasteiger partial charge is 0.491 e. The Hall–Kier alpha value is -3.16. The van der Waals surface area contributed by atoms with Gasteiger partial charge in [-0.05, 0) is 37.1 Å². The second-order valence-electron chi connectivity index (χ2n) is 6.62. The molecule has 8 heteroatoms. The quantitative estimate of drug-likeness (QED) is 0.626. The fourth-order valence-corrected chi connectivity index (χ4v) is 3.51. The second-order valence-corrected chi connectivity index (χ2v) is 6.62. The first-order chi connectivity index (χ1) is 13.4. The summed E-state index contributed by atoms with van der Waals surface area (Å²) in [6.07, 6.45) is -0.130. The number of fused-ring (bicyclic) bond motifs is 1. The zero-order valence-electron chi connectivity index (χ0n) is 14.9. The highest BCUT2D eigenvalue weighted by molar-refractivity contribution is 6.10. The van der Waals surface area contributed by atoms with E-state index < -0.39 is 12.2 Å². The van der Waals surface area contributed by atoms with Crippen molar-refractivity contribution in [3.63, 3.8) is 0 Å². The van der Waals surface area contributed by atoms with E-state index in [4.69, 9.17) is 0 Å². The minimum absolute atomic E-state index is 0.0367. The molecule has 0 saturated carbocycles. The molecule has 1 fully saturated rings. The molecule has 5 nitrogen and oxygen atoms in total. The molecule has 1 aromatic heterocycles. The third-order valence-electron chi connectivity index (χ3n) is 4.83. The van der Waals surface area contributed by atoms with Crippen LogP contribution < -0.4 is 9.80 Å². The Morgan fingerprint density at radius 1 is 0.964 bits per heavy atom. The number of carbonyl (C=O) groups excluding carboxylic acids is 1. The predicted molar refractivity (Wildman–Crippen MR) is 100 cm³/mol. The lowest BCUT2D eigenvalue weighted by Gasteiger charge is -2.28. The number of anilines is 2. The molecule has 0 spiro atoms. The Morgan fingerprint density at radius 3 is 2.36 bits per heavy atom. The summed E-state index contributed by atoms with van der Waals surface area (Å²) < 4.78 is 41.7. The number of halogens is 3. The Bertz CT molecular complexity index is 1020. The van der Waals surface area contributed by atoms with Crippen molar-refractivity contribution in [2.45, 2.75) is 19.1 Å². The molecular formula is C20H17F3N4O. The van der Waals surface area contributed by atoms with Crippen molar-refractivity contribution in [2.75, 3.05) is 22.9 Å². The van der Waals surface area contributed by atoms with Crippen molar-refractivity contribution in [1.29, 1.82) is 0 Å². The van der Waals surface area contributed by atoms with E-state index in [1.807, 2.05) is 4.90 Å². The summed E-state index contributed by atoms with van der Waals surface area (Å²) in [5, 5.41) is 8.54. The molecule has 0 radical (unpaired) electrons. The number of rotatable bonds is 3. The van der Waals surface area contributed by atoms with Gasteiger partial charge in [0.05, 0.1) is 23.6 Å². The van der Waals surface area contributed by atoms with Gasteiger partial charge in [0.15, 0.2) is 0 Å². The summed E-state index contributed by atoms with van der Waals surface area (Å²) in [5.41, 5.74) is 0.315. The van der Waals surface area contributed by atoms with Crippen LogP contribution >= 0.6 is 0 Å². The van der Waals surface area contributed by atoms with Gasteiger partial charge in [-0.25, -0.2) is 4.90 Å². The van der Waals surface area contributed by atoms with Crippen molar-refractivity contribution in [3.8, 4) is 0 Å². The summed E-state index contributed by atoms with van der Waals surface area (Å²) in [7, 11) is 0. The van der Waals surface area contributed by atoms with Gasteiger partial charge in [0.1, 0.15) is 0 Å². The predicted octanol–water partition coefficient (Wildman–Crippen LogP) is 4.40. The fraction of sp³-hybridized carbons (Fsp3) is 0.250. The maximum absolute atomic E-state index is 13.9. The number of alkyl halides is 3. The molecule has 28 heavy (non-hydrogen) atoms. The average molecular weight is 386 g/mol. The topological polar surface area (TPSA) is 49.3 Å². The molecule has 0 atom stereocenters. The number of benzene rings is 2. The van der Waals surface area contributed by atoms with Crippen LogP contribution in [0.4, 0.5) is 24.5 Å². The van der Waals surface area contributed by atoms with Crippen molar-refractivity contribution < 1.29 is 18.0 Å². The van der Waals surface area contributed by atoms with Crippen LogP contribution in [0.25, 0.3) is 10.8 Å². The van der Waals surface area contributed by atoms with Crippen LogP contribution in [0, 0.1) is 0 Å². The minimum atomic E-state index is -4.87. The van der Waals surface area contributed by atoms with Crippen molar-refractivity contribution in [1.82, 2.24) is 10.2 Å². The summed E-state index contributed by atoms with van der Waals surface area (Å²) in [6, 6.07) is 10.5. The molecule has 1 aliphatic rings. The Morgan fingerprint density at radius 2 is 1.64 bits per heavy atom. The van der Waals surface area contributed by atoms with Crippen LogP contribution in [-0.4, -0.2) is 35.5 Å². The zero-order chi connectivity index (χ0) is 19.7. The molecule has 144 valence electrons. The van der Waals surface area contributed by atoms with Gasteiger partial charge < -0.3 is 4.90 Å². The SMILES string of the molecule is O=C(c1ccccc1N1CCCC1)N(c1ccc2cnncc2c1)C(F)(F)F. The van der Waals surface area contributed by atoms with Gasteiger partial charge in [0, 0.05) is 29.5 Å². The molecular weight excluding hydrogens is 369 g/mol. The van der Waals surface area contributed by atoms with Gasteiger partial charge in [-0.2, -0.15) is 10.2 Å². The minimum Gasteiger partial charge on any atom is -0.371 e. The van der Waals surface area contributed by atoms with E-state index in [1.54, 1.807) is 18.2 Å². The Labute approximate surface area is 159 Å². The number of para-hydroxylation sites is 1. The fourth-order valence-electron chi connectivity index (χ4n) is 3.51. The maximum Gasteiger partial charge on any atom is 0.491 e. The molecule has 2 aromatic carbocycles. The van der Waals surface area contributed by atoms with E-state index in [1.165, 1.54) is 36.7 Å². The number of carbonyl (C=O) groups is 1. The van der Waals surface area contributed by atoms with Crippen molar-refractivity contribution in [3.05, 3.63) is 60.4 Å². The van der Waals surface area contributed by atoms with Gasteiger partial charge in [-0.3, -0.25) is 4.79 Å². The smallest absolute Gasteiger partial charge is 0.371 e. The Kier molecular flexibility index (Phi) is 4.62. The van der Waals surface area contributed by atoms with Gasteiger partial charge in [-0.1, -0.05) is 18.2 Å². The molecule has 4 rings (SSSR count). The van der Waals surface area contributed by atoms with Crippen LogP contribution in [-0.2, 0) is 0 Å². The van der Waals surface area contributed by atoms with Gasteiger partial charge in [-0.15, -0.1) is 13.2 Å². The second kappa shape index (κ2) is 7.10. The van der Waals surface area contributed by atoms with Gasteiger partial charge >= 0.3 is 6.30 Å². The van der Waals surface area contributed by atoms with E-state index >= 15 is 0 Å². The highest BCUT2D eigenvalue weighted by Gasteiger charge is 2.43. The van der Waals surface area contributed by atoms with Crippen LogP contribution in [0.5, 0.6) is 0 Å². The number of amides is 1. The number of nitrogens with zero attached hydrogens (tertiary/aromatic N) is 4. The molecule has 1 aliphatic heterocycles. The van der Waals surface area contributed by atoms with Crippen LogP contribution in [0.1, 0.15) is 23.2 Å². The lowest BCUT2D eigenvalue weighted by Crippen LogP contribution is -2.43. The molecule has 0 bridgehead atoms. The maximum atomic E-state index is 13.9. The van der Waals surface area contributed by atoms with E-state index in [0.29, 0.717) is 16.5 Å². The molecule has 3 aromatic rings. The van der Waals surface area contributed by atoms with E-state index in [9.17, 15) is 18.0 Å². The van der Waals surface area contributed by atoms with Crippen LogP contribution in [0.15, 0.2) is 54.9 Å². The monoisotopic (exact) mass is 386 g/mol. The normalized spacial score (nSPS) is 14.5. The standard InChI is InChI=1S/C20H17F3N4O/c21-20(22,23)27(16-8-7-14-12-24-25-13-15(14)11-16)19(28)17-5-1-2-6-18(17)26-9-3-4-10-26/h1-2,5-8,11-13H,3-4,9-10H2. The van der Waals surface area contributed by atoms with Crippen molar-refractivity contribution in [2.24, 2.45) is 0 Å².